The Morgan fingerprint density at radius 2 is 1.75 bits per heavy atom. The average molecular weight is 430 g/mol. The van der Waals surface area contributed by atoms with Crippen molar-refractivity contribution in [2.24, 2.45) is 0 Å². The van der Waals surface area contributed by atoms with Crippen LogP contribution in [0, 0.1) is 20.8 Å². The molecule has 0 bridgehead atoms. The second kappa shape index (κ2) is 8.55. The van der Waals surface area contributed by atoms with Gasteiger partial charge in [0.05, 0.1) is 22.8 Å². The van der Waals surface area contributed by atoms with E-state index in [-0.39, 0.29) is 0 Å². The van der Waals surface area contributed by atoms with Crippen LogP contribution in [0.3, 0.4) is 0 Å². The molecule has 5 rings (SSSR count). The van der Waals surface area contributed by atoms with E-state index in [4.69, 9.17) is 14.2 Å². The molecule has 0 unspecified atom stereocenters. The highest BCUT2D eigenvalue weighted by Crippen LogP contribution is 2.36. The van der Waals surface area contributed by atoms with Crippen LogP contribution in [0.4, 0.5) is 0 Å². The maximum atomic E-state index is 5.62. The lowest BCUT2D eigenvalue weighted by atomic mass is 9.92. The summed E-state index contributed by atoms with van der Waals surface area (Å²) in [6.45, 7) is 6.09. The molecule has 2 aromatic carbocycles. The molecule has 5 heteroatoms. The number of aryl methyl sites for hydroxylation is 3. The molecule has 1 saturated carbocycles. The van der Waals surface area contributed by atoms with Crippen molar-refractivity contribution in [1.82, 2.24) is 14.7 Å². The van der Waals surface area contributed by atoms with E-state index in [1.165, 1.54) is 16.6 Å². The number of fused-ring (bicyclic) bond motifs is 1. The van der Waals surface area contributed by atoms with E-state index in [0.29, 0.717) is 12.1 Å². The molecule has 1 aliphatic rings. The van der Waals surface area contributed by atoms with Crippen molar-refractivity contribution in [2.45, 2.75) is 65.0 Å². The lowest BCUT2D eigenvalue weighted by Gasteiger charge is -2.30. The SMILES string of the molecule is COC1CCC(n2c(Cc3ccc(C)cc3)nc3cc(-c4c(C)noc4C)ccc32)CC1. The Kier molecular flexibility index (Phi) is 5.60. The van der Waals surface area contributed by atoms with Crippen molar-refractivity contribution >= 4 is 11.0 Å². The number of methoxy groups -OCH3 is 1. The predicted molar refractivity (Wildman–Crippen MR) is 127 cm³/mol. The van der Waals surface area contributed by atoms with Crippen LogP contribution in [0.15, 0.2) is 47.0 Å². The van der Waals surface area contributed by atoms with Gasteiger partial charge in [-0.1, -0.05) is 41.1 Å². The van der Waals surface area contributed by atoms with Crippen molar-refractivity contribution in [3.8, 4) is 11.1 Å². The maximum absolute atomic E-state index is 5.62. The summed E-state index contributed by atoms with van der Waals surface area (Å²) in [6.07, 6.45) is 5.66. The summed E-state index contributed by atoms with van der Waals surface area (Å²) in [6, 6.07) is 15.9. The van der Waals surface area contributed by atoms with Crippen LogP contribution < -0.4 is 0 Å². The van der Waals surface area contributed by atoms with E-state index in [0.717, 1.165) is 66.0 Å². The van der Waals surface area contributed by atoms with Gasteiger partial charge in [0.2, 0.25) is 0 Å². The van der Waals surface area contributed by atoms with Crippen LogP contribution >= 0.6 is 0 Å². The van der Waals surface area contributed by atoms with Gasteiger partial charge in [0, 0.05) is 25.1 Å². The number of benzene rings is 2. The fourth-order valence-electron chi connectivity index (χ4n) is 5.16. The van der Waals surface area contributed by atoms with E-state index in [2.05, 4.69) is 59.1 Å². The lowest BCUT2D eigenvalue weighted by molar-refractivity contribution is 0.0586. The summed E-state index contributed by atoms with van der Waals surface area (Å²) in [5.41, 5.74) is 7.93. The second-order valence-electron chi connectivity index (χ2n) is 9.13. The van der Waals surface area contributed by atoms with E-state index in [1.54, 1.807) is 0 Å². The molecule has 5 nitrogen and oxygen atoms in total. The minimum atomic E-state index is 0.382. The number of imidazole rings is 1. The number of nitrogens with zero attached hydrogens (tertiary/aromatic N) is 3. The molecule has 4 aromatic rings. The average Bonchev–Trinajstić information content (AvgIpc) is 3.33. The summed E-state index contributed by atoms with van der Waals surface area (Å²) < 4.78 is 13.5. The third kappa shape index (κ3) is 3.86. The zero-order valence-corrected chi connectivity index (χ0v) is 19.4. The largest absolute Gasteiger partial charge is 0.381 e. The van der Waals surface area contributed by atoms with Crippen LogP contribution in [-0.2, 0) is 11.2 Å². The van der Waals surface area contributed by atoms with Crippen molar-refractivity contribution in [2.75, 3.05) is 7.11 Å². The minimum absolute atomic E-state index is 0.382. The lowest BCUT2D eigenvalue weighted by Crippen LogP contribution is -2.23. The van der Waals surface area contributed by atoms with Gasteiger partial charge in [-0.15, -0.1) is 0 Å². The highest BCUT2D eigenvalue weighted by Gasteiger charge is 2.26. The van der Waals surface area contributed by atoms with Crippen LogP contribution in [0.1, 0.15) is 60.1 Å². The number of hydrogen-bond acceptors (Lipinski definition) is 4. The molecule has 0 amide bonds. The number of aromatic nitrogens is 3. The minimum Gasteiger partial charge on any atom is -0.381 e. The van der Waals surface area contributed by atoms with Crippen molar-refractivity contribution in [3.63, 3.8) is 0 Å². The Morgan fingerprint density at radius 3 is 2.41 bits per heavy atom. The Hall–Kier alpha value is -2.92. The zero-order valence-electron chi connectivity index (χ0n) is 19.4. The summed E-state index contributed by atoms with van der Waals surface area (Å²) in [5.74, 6) is 1.99. The second-order valence-corrected chi connectivity index (χ2v) is 9.13. The first-order valence-corrected chi connectivity index (χ1v) is 11.6. The molecule has 0 saturated heterocycles. The highest BCUT2D eigenvalue weighted by molar-refractivity contribution is 5.83. The monoisotopic (exact) mass is 429 g/mol. The molecule has 2 heterocycles. The van der Waals surface area contributed by atoms with Crippen molar-refractivity contribution in [1.29, 1.82) is 0 Å². The fraction of sp³-hybridized carbons (Fsp3) is 0.407. The number of ether oxygens (including phenoxy) is 1. The summed E-state index contributed by atoms with van der Waals surface area (Å²) >= 11 is 0. The molecule has 0 atom stereocenters. The van der Waals surface area contributed by atoms with Gasteiger partial charge in [-0.2, -0.15) is 0 Å². The van der Waals surface area contributed by atoms with Gasteiger partial charge in [-0.3, -0.25) is 0 Å². The van der Waals surface area contributed by atoms with Gasteiger partial charge in [0.15, 0.2) is 0 Å². The van der Waals surface area contributed by atoms with E-state index in [9.17, 15) is 0 Å². The van der Waals surface area contributed by atoms with E-state index < -0.39 is 0 Å². The van der Waals surface area contributed by atoms with Gasteiger partial charge >= 0.3 is 0 Å². The number of hydrogen-bond donors (Lipinski definition) is 0. The maximum Gasteiger partial charge on any atom is 0.141 e. The molecule has 32 heavy (non-hydrogen) atoms. The Bertz CT molecular complexity index is 1210. The van der Waals surface area contributed by atoms with E-state index in [1.807, 2.05) is 21.0 Å². The molecule has 166 valence electrons. The van der Waals surface area contributed by atoms with Gasteiger partial charge in [0.1, 0.15) is 11.6 Å². The third-order valence-corrected chi connectivity index (χ3v) is 6.91. The van der Waals surface area contributed by atoms with Gasteiger partial charge < -0.3 is 13.8 Å². The quantitative estimate of drug-likeness (QED) is 0.372. The predicted octanol–water partition coefficient (Wildman–Crippen LogP) is 6.34. The van der Waals surface area contributed by atoms with Gasteiger partial charge in [-0.05, 0) is 69.7 Å². The Labute approximate surface area is 189 Å². The van der Waals surface area contributed by atoms with Crippen molar-refractivity contribution < 1.29 is 9.26 Å². The molecular formula is C27H31N3O2. The highest BCUT2D eigenvalue weighted by atomic mass is 16.5. The van der Waals surface area contributed by atoms with Crippen LogP contribution in [0.2, 0.25) is 0 Å². The van der Waals surface area contributed by atoms with Gasteiger partial charge in [0.25, 0.3) is 0 Å². The molecule has 0 aliphatic heterocycles. The summed E-state index contributed by atoms with van der Waals surface area (Å²) in [7, 11) is 1.83. The molecule has 2 aromatic heterocycles. The van der Waals surface area contributed by atoms with Crippen LogP contribution in [0.25, 0.3) is 22.2 Å². The molecule has 0 spiro atoms. The molecule has 1 fully saturated rings. The zero-order chi connectivity index (χ0) is 22.2. The number of rotatable bonds is 5. The first-order chi connectivity index (χ1) is 15.5. The normalized spacial score (nSPS) is 19.0. The Morgan fingerprint density at radius 1 is 1.00 bits per heavy atom. The van der Waals surface area contributed by atoms with Crippen LogP contribution in [-0.4, -0.2) is 27.9 Å². The summed E-state index contributed by atoms with van der Waals surface area (Å²) in [4.78, 5) is 5.16. The standard InChI is InChI=1S/C27H31N3O2/c1-17-5-7-20(8-6-17)15-26-28-24-16-21(27-18(2)29-32-19(27)3)9-14-25(24)30(26)22-10-12-23(31-4)13-11-22/h5-9,14,16,22-23H,10-13,15H2,1-4H3. The van der Waals surface area contributed by atoms with E-state index >= 15 is 0 Å². The molecule has 0 N–H and O–H groups in total. The molecule has 1 aliphatic carbocycles. The first-order valence-electron chi connectivity index (χ1n) is 11.6. The third-order valence-electron chi connectivity index (χ3n) is 6.91. The fourth-order valence-corrected chi connectivity index (χ4v) is 5.16. The smallest absolute Gasteiger partial charge is 0.141 e. The van der Waals surface area contributed by atoms with Gasteiger partial charge in [-0.25, -0.2) is 4.98 Å². The molecular weight excluding hydrogens is 398 g/mol. The van der Waals surface area contributed by atoms with Crippen LogP contribution in [0.5, 0.6) is 0 Å². The Balaban J connectivity index is 1.58. The first kappa shape index (κ1) is 21.0. The summed E-state index contributed by atoms with van der Waals surface area (Å²) in [5, 5.41) is 4.13. The van der Waals surface area contributed by atoms with Crippen molar-refractivity contribution in [3.05, 3.63) is 70.9 Å². The topological polar surface area (TPSA) is 53.1 Å². The molecule has 0 radical (unpaired) electrons.